The van der Waals surface area contributed by atoms with E-state index >= 15 is 0 Å². The predicted molar refractivity (Wildman–Crippen MR) is 150 cm³/mol. The molecule has 1 aliphatic carbocycles. The second kappa shape index (κ2) is 8.50. The van der Waals surface area contributed by atoms with Crippen molar-refractivity contribution in [3.05, 3.63) is 145 Å². The fraction of sp³-hybridized carbons (Fsp3) is 0.0882. The number of benzene rings is 3. The van der Waals surface area contributed by atoms with Crippen LogP contribution in [0, 0.1) is 5.92 Å². The molecule has 4 heterocycles. The van der Waals surface area contributed by atoms with Gasteiger partial charge in [0.15, 0.2) is 0 Å². The fourth-order valence-corrected chi connectivity index (χ4v) is 6.40. The SMILES string of the molecule is C1=CC2Oc3ccccc3C3(c4ccc(-c5ccccn5)cc4Oc4cc(-c5ccncn5)ccc43)C2C=C1. The van der Waals surface area contributed by atoms with E-state index < -0.39 is 5.41 Å². The highest BCUT2D eigenvalue weighted by molar-refractivity contribution is 5.74. The maximum atomic E-state index is 6.77. The summed E-state index contributed by atoms with van der Waals surface area (Å²) in [6.45, 7) is 0. The summed E-state index contributed by atoms with van der Waals surface area (Å²) in [7, 11) is 0. The van der Waals surface area contributed by atoms with E-state index in [0.29, 0.717) is 0 Å². The first-order chi connectivity index (χ1) is 19.3. The minimum absolute atomic E-state index is 0.0319. The monoisotopic (exact) mass is 505 g/mol. The van der Waals surface area contributed by atoms with Crippen LogP contribution in [0.1, 0.15) is 16.7 Å². The van der Waals surface area contributed by atoms with Gasteiger partial charge in [-0.15, -0.1) is 0 Å². The Kier molecular flexibility index (Phi) is 4.79. The lowest BCUT2D eigenvalue weighted by molar-refractivity contribution is 0.135. The first kappa shape index (κ1) is 22.0. The van der Waals surface area contributed by atoms with Gasteiger partial charge >= 0.3 is 0 Å². The lowest BCUT2D eigenvalue weighted by atomic mass is 9.57. The molecule has 5 aromatic rings. The van der Waals surface area contributed by atoms with Crippen LogP contribution >= 0.6 is 0 Å². The lowest BCUT2D eigenvalue weighted by Crippen LogP contribution is -2.49. The molecule has 0 saturated carbocycles. The molecule has 5 heteroatoms. The number of nitrogens with zero attached hydrogens (tertiary/aromatic N) is 3. The van der Waals surface area contributed by atoms with Crippen LogP contribution in [-0.2, 0) is 5.41 Å². The normalized spacial score (nSPS) is 21.6. The molecule has 3 aliphatic rings. The fourth-order valence-electron chi connectivity index (χ4n) is 6.40. The molecular formula is C34H23N3O2. The largest absolute Gasteiger partial charge is 0.485 e. The summed E-state index contributed by atoms with van der Waals surface area (Å²) in [6.07, 6.45) is 13.7. The van der Waals surface area contributed by atoms with Crippen LogP contribution in [0.2, 0.25) is 0 Å². The van der Waals surface area contributed by atoms with Crippen molar-refractivity contribution in [2.45, 2.75) is 11.5 Å². The van der Waals surface area contributed by atoms with Crippen molar-refractivity contribution in [2.24, 2.45) is 5.92 Å². The van der Waals surface area contributed by atoms with E-state index in [4.69, 9.17) is 9.47 Å². The summed E-state index contributed by atoms with van der Waals surface area (Å²) in [6, 6.07) is 29.2. The number of hydrogen-bond donors (Lipinski definition) is 0. The van der Waals surface area contributed by atoms with Gasteiger partial charge in [0.25, 0.3) is 0 Å². The Balaban J connectivity index is 1.43. The molecule has 0 saturated heterocycles. The van der Waals surface area contributed by atoms with Crippen LogP contribution in [0.3, 0.4) is 0 Å². The zero-order valence-electron chi connectivity index (χ0n) is 20.9. The summed E-state index contributed by atoms with van der Waals surface area (Å²) in [5, 5.41) is 0. The third kappa shape index (κ3) is 3.23. The van der Waals surface area contributed by atoms with Gasteiger partial charge in [0.05, 0.1) is 16.8 Å². The van der Waals surface area contributed by atoms with E-state index in [1.165, 1.54) is 0 Å². The van der Waals surface area contributed by atoms with Gasteiger partial charge in [0.1, 0.15) is 29.7 Å². The van der Waals surface area contributed by atoms with Gasteiger partial charge in [0.2, 0.25) is 0 Å². The molecule has 3 unspecified atom stereocenters. The van der Waals surface area contributed by atoms with Crippen LogP contribution in [0.15, 0.2) is 128 Å². The molecule has 0 amide bonds. The van der Waals surface area contributed by atoms with Crippen LogP contribution in [-0.4, -0.2) is 21.1 Å². The van der Waals surface area contributed by atoms with Gasteiger partial charge in [-0.3, -0.25) is 4.98 Å². The van der Waals surface area contributed by atoms with Crippen LogP contribution in [0.5, 0.6) is 17.2 Å². The van der Waals surface area contributed by atoms with Crippen molar-refractivity contribution < 1.29 is 9.47 Å². The van der Waals surface area contributed by atoms with Crippen molar-refractivity contribution in [3.63, 3.8) is 0 Å². The van der Waals surface area contributed by atoms with Gasteiger partial charge in [-0.1, -0.05) is 66.8 Å². The number of fused-ring (bicyclic) bond motifs is 8. The highest BCUT2D eigenvalue weighted by atomic mass is 16.5. The number of allylic oxidation sites excluding steroid dienone is 2. The van der Waals surface area contributed by atoms with E-state index in [9.17, 15) is 0 Å². The van der Waals surface area contributed by atoms with Crippen molar-refractivity contribution in [3.8, 4) is 39.8 Å². The summed E-state index contributed by atoms with van der Waals surface area (Å²) in [5.41, 5.74) is 6.60. The molecule has 0 bridgehead atoms. The van der Waals surface area contributed by atoms with Crippen molar-refractivity contribution >= 4 is 0 Å². The molecule has 3 atom stereocenters. The predicted octanol–water partition coefficient (Wildman–Crippen LogP) is 7.15. The topological polar surface area (TPSA) is 57.1 Å². The summed E-state index contributed by atoms with van der Waals surface area (Å²) >= 11 is 0. The zero-order valence-corrected chi connectivity index (χ0v) is 20.9. The second-order valence-corrected chi connectivity index (χ2v) is 10.0. The number of rotatable bonds is 2. The second-order valence-electron chi connectivity index (χ2n) is 10.0. The van der Waals surface area contributed by atoms with E-state index in [-0.39, 0.29) is 12.0 Å². The molecule has 0 N–H and O–H groups in total. The summed E-state index contributed by atoms with van der Waals surface area (Å²) in [5.74, 6) is 2.56. The van der Waals surface area contributed by atoms with Crippen LogP contribution in [0.25, 0.3) is 22.5 Å². The standard InChI is InChI=1S/C34H23N3O2/c1-3-10-30-24(7-1)34(25-8-2-4-11-31(25)38-30)26-14-12-22(28-9-5-6-17-36-28)19-32(26)39-33-20-23(13-15-27(33)34)29-16-18-35-21-37-29/h1-21,24,30H. The molecule has 3 aromatic carbocycles. The molecule has 1 spiro atoms. The molecule has 2 aliphatic heterocycles. The first-order valence-corrected chi connectivity index (χ1v) is 13.1. The van der Waals surface area contributed by atoms with Gasteiger partial charge < -0.3 is 9.47 Å². The van der Waals surface area contributed by atoms with Crippen LogP contribution < -0.4 is 9.47 Å². The van der Waals surface area contributed by atoms with Gasteiger partial charge in [-0.2, -0.15) is 0 Å². The minimum Gasteiger partial charge on any atom is -0.485 e. The highest BCUT2D eigenvalue weighted by Crippen LogP contribution is 2.61. The van der Waals surface area contributed by atoms with Crippen LogP contribution in [0.4, 0.5) is 0 Å². The number of para-hydroxylation sites is 1. The lowest BCUT2D eigenvalue weighted by Gasteiger charge is -2.51. The smallest absolute Gasteiger partial charge is 0.132 e. The Bertz CT molecular complexity index is 1690. The Hall–Kier alpha value is -5.03. The molecule has 0 radical (unpaired) electrons. The van der Waals surface area contributed by atoms with Gasteiger partial charge in [-0.05, 0) is 42.5 Å². The number of ether oxygens (including phenoxy) is 2. The molecule has 186 valence electrons. The molecule has 0 fully saturated rings. The maximum Gasteiger partial charge on any atom is 0.132 e. The van der Waals surface area contributed by atoms with Crippen molar-refractivity contribution in [2.75, 3.05) is 0 Å². The summed E-state index contributed by atoms with van der Waals surface area (Å²) in [4.78, 5) is 13.2. The molecule has 2 aromatic heterocycles. The first-order valence-electron chi connectivity index (χ1n) is 13.1. The molecule has 39 heavy (non-hydrogen) atoms. The Morgan fingerprint density at radius 2 is 1.33 bits per heavy atom. The van der Waals surface area contributed by atoms with Crippen molar-refractivity contribution in [1.82, 2.24) is 15.0 Å². The minimum atomic E-state index is -0.517. The average molecular weight is 506 g/mol. The number of aromatic nitrogens is 3. The van der Waals surface area contributed by atoms with Gasteiger partial charge in [-0.25, -0.2) is 9.97 Å². The number of pyridine rings is 1. The van der Waals surface area contributed by atoms with E-state index in [2.05, 4.69) is 93.9 Å². The summed E-state index contributed by atoms with van der Waals surface area (Å²) < 4.78 is 13.3. The van der Waals surface area contributed by atoms with E-state index in [1.807, 2.05) is 36.5 Å². The van der Waals surface area contributed by atoms with Crippen molar-refractivity contribution in [1.29, 1.82) is 0 Å². The van der Waals surface area contributed by atoms with E-state index in [1.54, 1.807) is 12.5 Å². The quantitative estimate of drug-likeness (QED) is 0.255. The maximum absolute atomic E-state index is 6.77. The third-order valence-corrected chi connectivity index (χ3v) is 8.03. The van der Waals surface area contributed by atoms with Gasteiger partial charge in [0, 0.05) is 46.1 Å². The molecular weight excluding hydrogens is 482 g/mol. The Morgan fingerprint density at radius 1 is 0.615 bits per heavy atom. The molecule has 5 nitrogen and oxygen atoms in total. The van der Waals surface area contributed by atoms with E-state index in [0.717, 1.165) is 56.5 Å². The number of hydrogen-bond acceptors (Lipinski definition) is 5. The Labute approximate surface area is 226 Å². The highest BCUT2D eigenvalue weighted by Gasteiger charge is 2.55. The zero-order chi connectivity index (χ0) is 25.8. The molecule has 8 rings (SSSR count). The average Bonchev–Trinajstić information content (AvgIpc) is 3.01. The Morgan fingerprint density at radius 3 is 2.08 bits per heavy atom. The third-order valence-electron chi connectivity index (χ3n) is 8.03.